The van der Waals surface area contributed by atoms with Crippen molar-refractivity contribution < 1.29 is 9.21 Å². The zero-order chi connectivity index (χ0) is 16.9. The van der Waals surface area contributed by atoms with Gasteiger partial charge in [0, 0.05) is 38.5 Å². The number of aromatic nitrogens is 1. The number of para-hydroxylation sites is 2. The van der Waals surface area contributed by atoms with E-state index in [1.54, 1.807) is 6.08 Å². The third kappa shape index (κ3) is 3.81. The Morgan fingerprint density at radius 3 is 2.62 bits per heavy atom. The molecule has 0 saturated carbocycles. The number of fused-ring (bicyclic) bond motifs is 1. The van der Waals surface area contributed by atoms with E-state index in [0.29, 0.717) is 18.0 Å². The molecule has 3 rings (SSSR count). The average Bonchev–Trinajstić information content (AvgIpc) is 3.01. The highest BCUT2D eigenvalue weighted by molar-refractivity contribution is 5.91. The molecule has 5 nitrogen and oxygen atoms in total. The number of oxazole rings is 1. The van der Waals surface area contributed by atoms with Gasteiger partial charge in [-0.2, -0.15) is 0 Å². The Kier molecular flexibility index (Phi) is 4.61. The van der Waals surface area contributed by atoms with Gasteiger partial charge in [-0.3, -0.25) is 4.79 Å². The van der Waals surface area contributed by atoms with Crippen LogP contribution in [0.2, 0.25) is 0 Å². The lowest BCUT2D eigenvalue weighted by Crippen LogP contribution is -2.20. The van der Waals surface area contributed by atoms with Crippen molar-refractivity contribution in [2.75, 3.05) is 19.0 Å². The second-order valence-electron chi connectivity index (χ2n) is 5.63. The van der Waals surface area contributed by atoms with Gasteiger partial charge in [0.25, 0.3) is 0 Å². The molecular formula is C19H19N3O2. The number of rotatable bonds is 5. The third-order valence-electron chi connectivity index (χ3n) is 3.61. The van der Waals surface area contributed by atoms with Crippen molar-refractivity contribution in [3.8, 4) is 0 Å². The highest BCUT2D eigenvalue weighted by atomic mass is 16.3. The van der Waals surface area contributed by atoms with Gasteiger partial charge >= 0.3 is 0 Å². The lowest BCUT2D eigenvalue weighted by atomic mass is 10.2. The number of carbonyl (C=O) groups excluding carboxylic acids is 1. The van der Waals surface area contributed by atoms with Crippen LogP contribution in [-0.2, 0) is 11.3 Å². The van der Waals surface area contributed by atoms with Gasteiger partial charge < -0.3 is 14.6 Å². The van der Waals surface area contributed by atoms with Crippen LogP contribution in [0.3, 0.4) is 0 Å². The quantitative estimate of drug-likeness (QED) is 0.733. The molecule has 0 aliphatic heterocycles. The van der Waals surface area contributed by atoms with Crippen molar-refractivity contribution in [1.29, 1.82) is 0 Å². The highest BCUT2D eigenvalue weighted by Gasteiger charge is 2.03. The number of anilines is 1. The molecule has 0 unspecified atom stereocenters. The fourth-order valence-electron chi connectivity index (χ4n) is 2.27. The van der Waals surface area contributed by atoms with Crippen LogP contribution < -0.4 is 10.2 Å². The molecule has 0 aliphatic carbocycles. The SMILES string of the molecule is CN(C)c1ccc(CNC(=O)/C=C/c2nc3ccccc3o2)cc1. The molecule has 0 spiro atoms. The molecule has 0 fully saturated rings. The Labute approximate surface area is 140 Å². The minimum absolute atomic E-state index is 0.186. The van der Waals surface area contributed by atoms with Crippen molar-refractivity contribution in [1.82, 2.24) is 10.3 Å². The molecule has 1 N–H and O–H groups in total. The summed E-state index contributed by atoms with van der Waals surface area (Å²) < 4.78 is 5.53. The highest BCUT2D eigenvalue weighted by Crippen LogP contribution is 2.15. The van der Waals surface area contributed by atoms with E-state index < -0.39 is 0 Å². The Morgan fingerprint density at radius 2 is 1.92 bits per heavy atom. The molecule has 0 atom stereocenters. The number of benzene rings is 2. The van der Waals surface area contributed by atoms with Crippen LogP contribution in [0.15, 0.2) is 59.0 Å². The van der Waals surface area contributed by atoms with E-state index in [1.807, 2.05) is 67.5 Å². The number of carbonyl (C=O) groups is 1. The fraction of sp³-hybridized carbons (Fsp3) is 0.158. The second kappa shape index (κ2) is 7.00. The number of hydrogen-bond donors (Lipinski definition) is 1. The van der Waals surface area contributed by atoms with Crippen molar-refractivity contribution in [3.05, 3.63) is 66.1 Å². The minimum atomic E-state index is -0.186. The summed E-state index contributed by atoms with van der Waals surface area (Å²) in [5.74, 6) is 0.232. The van der Waals surface area contributed by atoms with Gasteiger partial charge in [0.2, 0.25) is 11.8 Å². The predicted molar refractivity (Wildman–Crippen MR) is 95.7 cm³/mol. The van der Waals surface area contributed by atoms with E-state index in [0.717, 1.165) is 16.8 Å². The average molecular weight is 321 g/mol. The molecule has 2 aromatic carbocycles. The van der Waals surface area contributed by atoms with E-state index >= 15 is 0 Å². The maximum Gasteiger partial charge on any atom is 0.244 e. The zero-order valence-electron chi connectivity index (χ0n) is 13.7. The Bertz CT molecular complexity index is 831. The molecular weight excluding hydrogens is 302 g/mol. The summed E-state index contributed by atoms with van der Waals surface area (Å²) in [4.78, 5) is 18.2. The number of hydrogen-bond acceptors (Lipinski definition) is 4. The Morgan fingerprint density at radius 1 is 1.17 bits per heavy atom. The number of amides is 1. The molecule has 0 aliphatic rings. The van der Waals surface area contributed by atoms with Crippen molar-refractivity contribution >= 4 is 28.8 Å². The van der Waals surface area contributed by atoms with Crippen LogP contribution >= 0.6 is 0 Å². The molecule has 0 saturated heterocycles. The topological polar surface area (TPSA) is 58.4 Å². The van der Waals surface area contributed by atoms with Crippen LogP contribution in [0.1, 0.15) is 11.5 Å². The van der Waals surface area contributed by atoms with Crippen LogP contribution in [0.4, 0.5) is 5.69 Å². The number of nitrogens with one attached hydrogen (secondary N) is 1. The smallest absolute Gasteiger partial charge is 0.244 e. The fourth-order valence-corrected chi connectivity index (χ4v) is 2.27. The molecule has 122 valence electrons. The molecule has 1 aromatic heterocycles. The summed E-state index contributed by atoms with van der Waals surface area (Å²) in [6.07, 6.45) is 3.00. The summed E-state index contributed by atoms with van der Waals surface area (Å²) in [5.41, 5.74) is 3.65. The summed E-state index contributed by atoms with van der Waals surface area (Å²) in [6.45, 7) is 0.477. The van der Waals surface area contributed by atoms with Crippen LogP contribution in [0.5, 0.6) is 0 Å². The van der Waals surface area contributed by atoms with Crippen LogP contribution in [0, 0.1) is 0 Å². The first-order chi connectivity index (χ1) is 11.6. The van der Waals surface area contributed by atoms with Gasteiger partial charge in [-0.1, -0.05) is 24.3 Å². The van der Waals surface area contributed by atoms with Crippen LogP contribution in [0.25, 0.3) is 17.2 Å². The minimum Gasteiger partial charge on any atom is -0.437 e. The lowest BCUT2D eigenvalue weighted by molar-refractivity contribution is -0.116. The normalized spacial score (nSPS) is 11.1. The van der Waals surface area contributed by atoms with Gasteiger partial charge in [0.05, 0.1) is 0 Å². The first-order valence-corrected chi connectivity index (χ1v) is 7.69. The lowest BCUT2D eigenvalue weighted by Gasteiger charge is -2.12. The summed E-state index contributed by atoms with van der Waals surface area (Å²) in [6, 6.07) is 15.5. The molecule has 1 amide bonds. The zero-order valence-corrected chi connectivity index (χ0v) is 13.7. The van der Waals surface area contributed by atoms with E-state index in [4.69, 9.17) is 4.42 Å². The van der Waals surface area contributed by atoms with Gasteiger partial charge in [0.1, 0.15) is 5.52 Å². The maximum absolute atomic E-state index is 11.9. The first-order valence-electron chi connectivity index (χ1n) is 7.69. The number of nitrogens with zero attached hydrogens (tertiary/aromatic N) is 2. The second-order valence-corrected chi connectivity index (χ2v) is 5.63. The van der Waals surface area contributed by atoms with Crippen molar-refractivity contribution in [2.24, 2.45) is 0 Å². The van der Waals surface area contributed by atoms with Crippen molar-refractivity contribution in [3.63, 3.8) is 0 Å². The monoisotopic (exact) mass is 321 g/mol. The first kappa shape index (κ1) is 15.8. The predicted octanol–water partition coefficient (Wildman–Crippen LogP) is 3.22. The molecule has 24 heavy (non-hydrogen) atoms. The molecule has 0 bridgehead atoms. The van der Waals surface area contributed by atoms with Crippen LogP contribution in [-0.4, -0.2) is 25.0 Å². The van der Waals surface area contributed by atoms with E-state index in [-0.39, 0.29) is 5.91 Å². The van der Waals surface area contributed by atoms with Gasteiger partial charge in [-0.15, -0.1) is 0 Å². The molecule has 3 aromatic rings. The Hall–Kier alpha value is -3.08. The van der Waals surface area contributed by atoms with Gasteiger partial charge in [-0.05, 0) is 29.8 Å². The van der Waals surface area contributed by atoms with Gasteiger partial charge in [-0.25, -0.2) is 4.98 Å². The van der Waals surface area contributed by atoms with Crippen molar-refractivity contribution in [2.45, 2.75) is 6.54 Å². The van der Waals surface area contributed by atoms with E-state index in [9.17, 15) is 4.79 Å². The Balaban J connectivity index is 1.56. The summed E-state index contributed by atoms with van der Waals surface area (Å²) in [5, 5.41) is 2.84. The molecule has 0 radical (unpaired) electrons. The summed E-state index contributed by atoms with van der Waals surface area (Å²) >= 11 is 0. The molecule has 1 heterocycles. The van der Waals surface area contributed by atoms with E-state index in [2.05, 4.69) is 10.3 Å². The standard InChI is InChI=1S/C19H19N3O2/c1-22(2)15-9-7-14(8-10-15)13-20-18(23)11-12-19-21-16-5-3-4-6-17(16)24-19/h3-12H,13H2,1-2H3,(H,20,23)/b12-11+. The maximum atomic E-state index is 11.9. The largest absolute Gasteiger partial charge is 0.437 e. The summed E-state index contributed by atoms with van der Waals surface area (Å²) in [7, 11) is 3.99. The molecule has 5 heteroatoms. The third-order valence-corrected chi connectivity index (χ3v) is 3.61. The van der Waals surface area contributed by atoms with Gasteiger partial charge in [0.15, 0.2) is 5.58 Å². The van der Waals surface area contributed by atoms with E-state index in [1.165, 1.54) is 6.08 Å².